The zero-order chi connectivity index (χ0) is 34.5. The van der Waals surface area contributed by atoms with Gasteiger partial charge in [-0.15, -0.1) is 0 Å². The average Bonchev–Trinajstić information content (AvgIpc) is 3.50. The number of nitro benzene ring substituents is 1. The summed E-state index contributed by atoms with van der Waals surface area (Å²) in [5.41, 5.74) is 0.766. The van der Waals surface area contributed by atoms with E-state index in [1.165, 1.54) is 67.3 Å². The highest BCUT2D eigenvalue weighted by Crippen LogP contribution is 2.54. The largest absolute Gasteiger partial charge is 0.493 e. The van der Waals surface area contributed by atoms with E-state index in [9.17, 15) is 37.7 Å². The minimum atomic E-state index is -3.94. The van der Waals surface area contributed by atoms with Gasteiger partial charge in [0.1, 0.15) is 11.8 Å². The number of carbonyl (C=O) groups excluding carboxylic acids is 3. The number of benzene rings is 3. The molecule has 4 aromatic rings. The van der Waals surface area contributed by atoms with Crippen LogP contribution >= 0.6 is 23.1 Å². The molecule has 1 fully saturated rings. The van der Waals surface area contributed by atoms with Gasteiger partial charge in [0.15, 0.2) is 11.5 Å². The highest BCUT2D eigenvalue weighted by atomic mass is 32.2. The number of methoxy groups -OCH3 is 2. The number of hydrogen-bond acceptors (Lipinski definition) is 12. The molecule has 0 saturated carbocycles. The zero-order valence-electron chi connectivity index (χ0n) is 25.0. The Balaban J connectivity index is 1.39. The molecule has 6 rings (SSSR count). The van der Waals surface area contributed by atoms with Crippen LogP contribution in [0.1, 0.15) is 16.4 Å². The van der Waals surface area contributed by atoms with Gasteiger partial charge in [-0.05, 0) is 54.1 Å². The summed E-state index contributed by atoms with van der Waals surface area (Å²) in [7, 11) is -1.03. The molecule has 3 atom stereocenters. The molecule has 2 aliphatic rings. The fourth-order valence-corrected chi connectivity index (χ4v) is 9.00. The van der Waals surface area contributed by atoms with Gasteiger partial charge in [0.25, 0.3) is 5.69 Å². The Bertz CT molecular complexity index is 2150. The van der Waals surface area contributed by atoms with Crippen molar-refractivity contribution in [3.63, 3.8) is 0 Å². The zero-order valence-corrected chi connectivity index (χ0v) is 27.5. The van der Waals surface area contributed by atoms with Crippen LogP contribution in [0, 0.1) is 16.0 Å². The van der Waals surface area contributed by atoms with Crippen LogP contribution in [-0.2, 0) is 31.0 Å². The first-order chi connectivity index (χ1) is 22.8. The maximum absolute atomic E-state index is 14.1. The number of thioether (sulfide) groups is 1. The molecule has 248 valence electrons. The van der Waals surface area contributed by atoms with Crippen molar-refractivity contribution >= 4 is 67.9 Å². The van der Waals surface area contributed by atoms with Crippen molar-refractivity contribution in [3.05, 3.63) is 97.0 Å². The summed E-state index contributed by atoms with van der Waals surface area (Å²) in [6.07, 6.45) is 0. The maximum Gasteiger partial charge on any atom is 0.308 e. The van der Waals surface area contributed by atoms with E-state index in [0.717, 1.165) is 28.0 Å². The van der Waals surface area contributed by atoms with Gasteiger partial charge in [0, 0.05) is 28.6 Å². The number of nitro groups is 1. The van der Waals surface area contributed by atoms with Gasteiger partial charge >= 0.3 is 4.87 Å². The van der Waals surface area contributed by atoms with Gasteiger partial charge in [0.2, 0.25) is 27.7 Å². The number of rotatable bonds is 9. The summed E-state index contributed by atoms with van der Waals surface area (Å²) >= 11 is 1.85. The first kappa shape index (κ1) is 32.9. The van der Waals surface area contributed by atoms with E-state index in [1.807, 2.05) is 0 Å². The van der Waals surface area contributed by atoms with Crippen LogP contribution in [0.4, 0.5) is 17.1 Å². The monoisotopic (exact) mass is 711 g/mol. The number of imide groups is 1. The Morgan fingerprint density at radius 3 is 2.25 bits per heavy atom. The Hall–Kier alpha value is -5.04. The maximum atomic E-state index is 14.1. The number of anilines is 2. The van der Waals surface area contributed by atoms with Crippen LogP contribution in [0.5, 0.6) is 11.5 Å². The second kappa shape index (κ2) is 12.5. The second-order valence-electron chi connectivity index (χ2n) is 10.7. The van der Waals surface area contributed by atoms with E-state index in [0.29, 0.717) is 27.0 Å². The molecule has 18 heteroatoms. The summed E-state index contributed by atoms with van der Waals surface area (Å²) in [5.74, 6) is -2.74. The van der Waals surface area contributed by atoms with E-state index < -0.39 is 61.2 Å². The molecule has 1 aromatic heterocycles. The van der Waals surface area contributed by atoms with E-state index in [4.69, 9.17) is 14.6 Å². The Morgan fingerprint density at radius 2 is 1.65 bits per heavy atom. The number of primary sulfonamides is 1. The van der Waals surface area contributed by atoms with Crippen LogP contribution in [0.2, 0.25) is 0 Å². The lowest BCUT2D eigenvalue weighted by Crippen LogP contribution is -2.33. The van der Waals surface area contributed by atoms with Gasteiger partial charge in [-0.1, -0.05) is 29.2 Å². The number of nitrogens with one attached hydrogen (secondary N) is 1. The van der Waals surface area contributed by atoms with Crippen LogP contribution in [0.25, 0.3) is 0 Å². The summed E-state index contributed by atoms with van der Waals surface area (Å²) in [6.45, 7) is -0.446. The lowest BCUT2D eigenvalue weighted by molar-refractivity contribution is -0.384. The molecular formula is C30H25N5O10S3. The fourth-order valence-electron chi connectivity index (χ4n) is 5.71. The van der Waals surface area contributed by atoms with Crippen molar-refractivity contribution in [1.29, 1.82) is 0 Å². The van der Waals surface area contributed by atoms with Crippen molar-refractivity contribution < 1.29 is 37.2 Å². The minimum Gasteiger partial charge on any atom is -0.493 e. The summed E-state index contributed by atoms with van der Waals surface area (Å²) in [5, 5.41) is 18.3. The number of hydrogen-bond donors (Lipinski definition) is 2. The van der Waals surface area contributed by atoms with Crippen molar-refractivity contribution in [2.45, 2.75) is 27.6 Å². The third kappa shape index (κ3) is 5.83. The number of amides is 3. The number of aromatic nitrogens is 1. The van der Waals surface area contributed by atoms with Gasteiger partial charge in [0.05, 0.1) is 40.7 Å². The van der Waals surface area contributed by atoms with Crippen LogP contribution in [-0.4, -0.2) is 55.1 Å². The number of fused-ring (bicyclic) bond motifs is 2. The summed E-state index contributed by atoms with van der Waals surface area (Å²) in [6, 6.07) is 15.2. The first-order valence-electron chi connectivity index (χ1n) is 14.0. The van der Waals surface area contributed by atoms with Gasteiger partial charge in [-0.25, -0.2) is 18.5 Å². The topological polar surface area (TPSA) is 210 Å². The minimum absolute atomic E-state index is 0.144. The third-order valence-electron chi connectivity index (χ3n) is 7.90. The van der Waals surface area contributed by atoms with E-state index in [2.05, 4.69) is 5.32 Å². The second-order valence-corrected chi connectivity index (χ2v) is 14.4. The molecule has 3 N–H and O–H groups in total. The number of nitrogens with zero attached hydrogens (tertiary/aromatic N) is 3. The standard InChI is InChI=1S/C30H25N5O10S3/c1-44-20-12-3-15(13-21(20)45-2)23-24-25(28(38)34(27(24)37)17-6-8-18(9-7-17)35(40)41)46-29-26(23)47-30(39)33(29)14-22(36)32-16-4-10-19(11-5-16)48(31,42)43/h3-13,23-25H,14H2,1-2H3,(H,32,36)(H2,31,42,43)/t23-,24-,25+/m0/s1. The molecule has 3 heterocycles. The summed E-state index contributed by atoms with van der Waals surface area (Å²) < 4.78 is 35.3. The molecule has 1 saturated heterocycles. The molecule has 15 nitrogen and oxygen atoms in total. The van der Waals surface area contributed by atoms with Crippen molar-refractivity contribution in [3.8, 4) is 11.5 Å². The Kier molecular flexibility index (Phi) is 8.58. The molecule has 2 aliphatic heterocycles. The first-order valence-corrected chi connectivity index (χ1v) is 17.2. The molecular weight excluding hydrogens is 687 g/mol. The predicted molar refractivity (Wildman–Crippen MR) is 175 cm³/mol. The van der Waals surface area contributed by atoms with Crippen molar-refractivity contribution in [2.24, 2.45) is 11.1 Å². The van der Waals surface area contributed by atoms with Crippen LogP contribution in [0.15, 0.2) is 81.4 Å². The van der Waals surface area contributed by atoms with Crippen molar-refractivity contribution in [2.75, 3.05) is 24.4 Å². The molecule has 3 aromatic carbocycles. The predicted octanol–water partition coefficient (Wildman–Crippen LogP) is 2.92. The Labute approximate surface area is 280 Å². The number of ether oxygens (including phenoxy) is 2. The van der Waals surface area contributed by atoms with E-state index in [1.54, 1.807) is 18.2 Å². The average molecular weight is 712 g/mol. The number of non-ortho nitro benzene ring substituents is 1. The lowest BCUT2D eigenvalue weighted by atomic mass is 9.83. The smallest absolute Gasteiger partial charge is 0.308 e. The van der Waals surface area contributed by atoms with E-state index in [-0.39, 0.29) is 22.0 Å². The molecule has 0 aliphatic carbocycles. The molecule has 0 unspecified atom stereocenters. The Morgan fingerprint density at radius 1 is 0.979 bits per heavy atom. The molecule has 48 heavy (non-hydrogen) atoms. The van der Waals surface area contributed by atoms with Gasteiger partial charge in [-0.2, -0.15) is 0 Å². The van der Waals surface area contributed by atoms with E-state index >= 15 is 0 Å². The summed E-state index contributed by atoms with van der Waals surface area (Å²) in [4.78, 5) is 66.1. The normalized spacial score (nSPS) is 18.6. The number of nitrogens with two attached hydrogens (primary N) is 1. The van der Waals surface area contributed by atoms with Gasteiger partial charge < -0.3 is 14.8 Å². The molecule has 0 spiro atoms. The molecule has 0 bridgehead atoms. The number of thiazole rings is 1. The van der Waals surface area contributed by atoms with Crippen LogP contribution < -0.4 is 29.7 Å². The van der Waals surface area contributed by atoms with Crippen LogP contribution in [0.3, 0.4) is 0 Å². The molecule has 0 radical (unpaired) electrons. The molecule has 3 amide bonds. The lowest BCUT2D eigenvalue weighted by Gasteiger charge is -2.31. The fraction of sp³-hybridized carbons (Fsp3) is 0.200. The van der Waals surface area contributed by atoms with Crippen molar-refractivity contribution in [1.82, 2.24) is 4.57 Å². The number of sulfonamides is 1. The SMILES string of the molecule is COc1ccc([C@@H]2c3sc(=O)n(CC(=O)Nc4ccc(S(N)(=O)=O)cc4)c3S[C@H]3C(=O)N(c4ccc([N+](=O)[O-])cc4)C(=O)[C@@H]23)cc1OC. The highest BCUT2D eigenvalue weighted by molar-refractivity contribution is 8.00. The number of carbonyl (C=O) groups is 3. The quantitative estimate of drug-likeness (QED) is 0.146. The van der Waals surface area contributed by atoms with Gasteiger partial charge in [-0.3, -0.25) is 33.9 Å². The third-order valence-corrected chi connectivity index (χ3v) is 11.4. The highest BCUT2D eigenvalue weighted by Gasteiger charge is 2.57.